The van der Waals surface area contributed by atoms with Gasteiger partial charge in [0.25, 0.3) is 12.3 Å². The summed E-state index contributed by atoms with van der Waals surface area (Å²) >= 11 is 0. The molecule has 1 amide bonds. The molecule has 0 saturated heterocycles. The van der Waals surface area contributed by atoms with Crippen LogP contribution in [-0.4, -0.2) is 28.8 Å². The highest BCUT2D eigenvalue weighted by Crippen LogP contribution is 2.34. The molecule has 1 N–H and O–H groups in total. The summed E-state index contributed by atoms with van der Waals surface area (Å²) in [6.45, 7) is 3.02. The number of halogens is 3. The Morgan fingerprint density at radius 3 is 2.29 bits per heavy atom. The topological polar surface area (TPSA) is 82.5 Å². The molecule has 2 atom stereocenters. The van der Waals surface area contributed by atoms with Crippen molar-refractivity contribution in [1.29, 1.82) is 0 Å². The van der Waals surface area contributed by atoms with Crippen molar-refractivity contribution in [3.8, 4) is 11.6 Å². The highest BCUT2D eigenvalue weighted by molar-refractivity contribution is 5.98. The number of benzene rings is 2. The van der Waals surface area contributed by atoms with E-state index in [2.05, 4.69) is 15.2 Å². The normalized spacial score (nSPS) is 12.8. The molecule has 0 bridgehead atoms. The van der Waals surface area contributed by atoms with E-state index in [0.717, 1.165) is 4.68 Å². The molecule has 3 aromatic rings. The van der Waals surface area contributed by atoms with Gasteiger partial charge in [-0.25, -0.2) is 22.6 Å². The summed E-state index contributed by atoms with van der Waals surface area (Å²) in [5.74, 6) is -1.36. The predicted molar refractivity (Wildman–Crippen MR) is 118 cm³/mol. The molecule has 10 heteroatoms. The van der Waals surface area contributed by atoms with Gasteiger partial charge in [0.1, 0.15) is 23.2 Å². The molecule has 7 nitrogen and oxygen atoms in total. The number of nitrogens with zero attached hydrogens (tertiary/aromatic N) is 2. The third-order valence-corrected chi connectivity index (χ3v) is 5.17. The SMILES string of the molecule is COC(=O)c1ccc([C@H](C)NC(=O)c2c(C(F)F)nn(C)c2Oc2cccc(C(C)F)c2)cc1. The Morgan fingerprint density at radius 1 is 1.03 bits per heavy atom. The molecule has 0 aliphatic carbocycles. The van der Waals surface area contributed by atoms with Crippen LogP contribution in [0.3, 0.4) is 0 Å². The fourth-order valence-corrected chi connectivity index (χ4v) is 3.33. The Bertz CT molecular complexity index is 1180. The molecule has 0 fully saturated rings. The van der Waals surface area contributed by atoms with E-state index < -0.39 is 41.8 Å². The lowest BCUT2D eigenvalue weighted by Gasteiger charge is -2.16. The van der Waals surface area contributed by atoms with Crippen LogP contribution in [0.15, 0.2) is 48.5 Å². The molecular formula is C24H24F3N3O4. The Balaban J connectivity index is 1.89. The summed E-state index contributed by atoms with van der Waals surface area (Å²) in [6, 6.07) is 11.8. The Kier molecular flexibility index (Phi) is 7.60. The second kappa shape index (κ2) is 10.4. The summed E-state index contributed by atoms with van der Waals surface area (Å²) in [5, 5.41) is 6.42. The maximum absolute atomic E-state index is 13.7. The third-order valence-electron chi connectivity index (χ3n) is 5.17. The van der Waals surface area contributed by atoms with Crippen LogP contribution >= 0.6 is 0 Å². The molecule has 34 heavy (non-hydrogen) atoms. The van der Waals surface area contributed by atoms with Crippen molar-refractivity contribution < 1.29 is 32.2 Å². The van der Waals surface area contributed by atoms with Crippen LogP contribution in [0.25, 0.3) is 0 Å². The van der Waals surface area contributed by atoms with Gasteiger partial charge < -0.3 is 14.8 Å². The molecule has 0 aliphatic rings. The molecule has 0 radical (unpaired) electrons. The summed E-state index contributed by atoms with van der Waals surface area (Å²) in [6.07, 6.45) is -4.29. The zero-order valence-electron chi connectivity index (χ0n) is 19.0. The zero-order valence-corrected chi connectivity index (χ0v) is 19.0. The van der Waals surface area contributed by atoms with Gasteiger partial charge >= 0.3 is 5.97 Å². The van der Waals surface area contributed by atoms with Crippen LogP contribution in [0.4, 0.5) is 13.2 Å². The zero-order chi connectivity index (χ0) is 25.0. The van der Waals surface area contributed by atoms with Crippen LogP contribution in [0.1, 0.15) is 70.0 Å². The number of alkyl halides is 3. The first-order chi connectivity index (χ1) is 16.1. The summed E-state index contributed by atoms with van der Waals surface area (Å²) < 4.78 is 52.5. The van der Waals surface area contributed by atoms with Crippen molar-refractivity contribution >= 4 is 11.9 Å². The number of ether oxygens (including phenoxy) is 2. The number of rotatable bonds is 8. The summed E-state index contributed by atoms with van der Waals surface area (Å²) in [4.78, 5) is 24.7. The summed E-state index contributed by atoms with van der Waals surface area (Å²) in [5.41, 5.74) is 0.143. The molecule has 0 spiro atoms. The van der Waals surface area contributed by atoms with Crippen LogP contribution in [-0.2, 0) is 11.8 Å². The van der Waals surface area contributed by atoms with Crippen LogP contribution in [0.2, 0.25) is 0 Å². The molecule has 3 rings (SSSR count). The van der Waals surface area contributed by atoms with E-state index in [0.29, 0.717) is 16.7 Å². The van der Waals surface area contributed by atoms with Crippen molar-refractivity contribution in [2.75, 3.05) is 7.11 Å². The van der Waals surface area contributed by atoms with E-state index in [-0.39, 0.29) is 11.6 Å². The van der Waals surface area contributed by atoms with Crippen molar-refractivity contribution in [3.63, 3.8) is 0 Å². The van der Waals surface area contributed by atoms with E-state index in [9.17, 15) is 22.8 Å². The molecule has 180 valence electrons. The number of esters is 1. The maximum atomic E-state index is 13.7. The summed E-state index contributed by atoms with van der Waals surface area (Å²) in [7, 11) is 2.64. The third kappa shape index (κ3) is 5.38. The van der Waals surface area contributed by atoms with Crippen LogP contribution in [0.5, 0.6) is 11.6 Å². The van der Waals surface area contributed by atoms with Gasteiger partial charge in [-0.05, 0) is 49.2 Å². The number of carbonyl (C=O) groups is 2. The fraction of sp³-hybridized carbons (Fsp3) is 0.292. The highest BCUT2D eigenvalue weighted by Gasteiger charge is 2.30. The largest absolute Gasteiger partial charge is 0.465 e. The second-order valence-corrected chi connectivity index (χ2v) is 7.59. The predicted octanol–water partition coefficient (Wildman–Crippen LogP) is 5.46. The number of methoxy groups -OCH3 is 1. The van der Waals surface area contributed by atoms with Crippen molar-refractivity contribution in [3.05, 3.63) is 76.5 Å². The van der Waals surface area contributed by atoms with E-state index in [4.69, 9.17) is 4.74 Å². The van der Waals surface area contributed by atoms with E-state index in [1.54, 1.807) is 31.2 Å². The number of aryl methyl sites for hydroxylation is 1. The Morgan fingerprint density at radius 2 is 1.71 bits per heavy atom. The fourth-order valence-electron chi connectivity index (χ4n) is 3.33. The molecule has 0 aliphatic heterocycles. The van der Waals surface area contributed by atoms with E-state index in [1.807, 2.05) is 0 Å². The van der Waals surface area contributed by atoms with Gasteiger partial charge in [-0.2, -0.15) is 5.10 Å². The first-order valence-corrected chi connectivity index (χ1v) is 10.4. The Labute approximate surface area is 194 Å². The van der Waals surface area contributed by atoms with Gasteiger partial charge in [-0.1, -0.05) is 24.3 Å². The van der Waals surface area contributed by atoms with Gasteiger partial charge in [0.05, 0.1) is 18.7 Å². The standard InChI is InChI=1S/C24H24F3N3O4/c1-13(25)17-6-5-7-18(12-17)34-23-19(20(21(26)27)29-30(23)3)22(31)28-14(2)15-8-10-16(11-9-15)24(32)33-4/h5-14,21H,1-4H3,(H,28,31)/t13?,14-/m0/s1. The first kappa shape index (κ1) is 24.8. The molecular weight excluding hydrogens is 451 g/mol. The highest BCUT2D eigenvalue weighted by atomic mass is 19.3. The number of carbonyl (C=O) groups excluding carboxylic acids is 2. The molecule has 1 unspecified atom stereocenters. The maximum Gasteiger partial charge on any atom is 0.337 e. The number of nitrogens with one attached hydrogen (secondary N) is 1. The van der Waals surface area contributed by atoms with Crippen molar-refractivity contribution in [2.24, 2.45) is 7.05 Å². The van der Waals surface area contributed by atoms with E-state index >= 15 is 0 Å². The van der Waals surface area contributed by atoms with Gasteiger partial charge in [0, 0.05) is 7.05 Å². The van der Waals surface area contributed by atoms with Gasteiger partial charge in [0.15, 0.2) is 0 Å². The minimum absolute atomic E-state index is 0.173. The van der Waals surface area contributed by atoms with Crippen LogP contribution in [0, 0.1) is 0 Å². The second-order valence-electron chi connectivity index (χ2n) is 7.59. The van der Waals surface area contributed by atoms with Crippen molar-refractivity contribution in [1.82, 2.24) is 15.1 Å². The number of hydrogen-bond acceptors (Lipinski definition) is 5. The number of hydrogen-bond donors (Lipinski definition) is 1. The quantitative estimate of drug-likeness (QED) is 0.438. The number of amides is 1. The lowest BCUT2D eigenvalue weighted by atomic mass is 10.1. The van der Waals surface area contributed by atoms with E-state index in [1.165, 1.54) is 45.3 Å². The Hall–Kier alpha value is -3.82. The first-order valence-electron chi connectivity index (χ1n) is 10.4. The lowest BCUT2D eigenvalue weighted by Crippen LogP contribution is -2.27. The molecule has 1 heterocycles. The van der Waals surface area contributed by atoms with Crippen LogP contribution < -0.4 is 10.1 Å². The molecule has 1 aromatic heterocycles. The smallest absolute Gasteiger partial charge is 0.337 e. The van der Waals surface area contributed by atoms with Gasteiger partial charge in [-0.3, -0.25) is 4.79 Å². The number of aromatic nitrogens is 2. The van der Waals surface area contributed by atoms with Gasteiger partial charge in [0.2, 0.25) is 5.88 Å². The molecule has 0 saturated carbocycles. The lowest BCUT2D eigenvalue weighted by molar-refractivity contribution is 0.0600. The average Bonchev–Trinajstić information content (AvgIpc) is 3.15. The molecule has 2 aromatic carbocycles. The van der Waals surface area contributed by atoms with Crippen molar-refractivity contribution in [2.45, 2.75) is 32.5 Å². The minimum atomic E-state index is -3.03. The average molecular weight is 475 g/mol. The minimum Gasteiger partial charge on any atom is -0.465 e. The monoisotopic (exact) mass is 475 g/mol. The van der Waals surface area contributed by atoms with Gasteiger partial charge in [-0.15, -0.1) is 0 Å².